The molecular weight excluding hydrogens is 430 g/mol. The number of nitrogens with zero attached hydrogens (tertiary/aromatic N) is 5. The Morgan fingerprint density at radius 2 is 2.03 bits per heavy atom. The predicted molar refractivity (Wildman–Crippen MR) is 122 cm³/mol. The third-order valence-electron chi connectivity index (χ3n) is 4.85. The van der Waals surface area contributed by atoms with Gasteiger partial charge >= 0.3 is 0 Å². The fraction of sp³-hybridized carbons (Fsp3) is 0.136. The van der Waals surface area contributed by atoms with Gasteiger partial charge in [0.05, 0.1) is 41.0 Å². The van der Waals surface area contributed by atoms with Gasteiger partial charge in [-0.3, -0.25) is 9.36 Å². The van der Waals surface area contributed by atoms with Crippen LogP contribution in [0.15, 0.2) is 53.5 Å². The molecule has 4 aromatic rings. The van der Waals surface area contributed by atoms with Gasteiger partial charge in [-0.25, -0.2) is 9.97 Å². The Bertz CT molecular complexity index is 1430. The van der Waals surface area contributed by atoms with E-state index in [1.54, 1.807) is 56.5 Å². The maximum atomic E-state index is 13.6. The summed E-state index contributed by atoms with van der Waals surface area (Å²) in [7, 11) is 1.55. The maximum absolute atomic E-state index is 13.6. The highest BCUT2D eigenvalue weighted by molar-refractivity contribution is 6.35. The second-order valence-electron chi connectivity index (χ2n) is 6.91. The number of ether oxygens (including phenoxy) is 1. The molecule has 0 unspecified atom stereocenters. The number of nitrogens with one attached hydrogen (secondary N) is 1. The molecule has 2 heterocycles. The number of nitrogens with two attached hydrogens (primary N) is 1. The van der Waals surface area contributed by atoms with E-state index in [2.05, 4.69) is 15.3 Å². The molecular formula is C22H18ClN7O2. The highest BCUT2D eigenvalue weighted by Crippen LogP contribution is 2.26. The molecule has 160 valence electrons. The van der Waals surface area contributed by atoms with Crippen LogP contribution in [0.4, 0.5) is 11.8 Å². The van der Waals surface area contributed by atoms with Gasteiger partial charge in [-0.1, -0.05) is 23.7 Å². The van der Waals surface area contributed by atoms with Gasteiger partial charge in [0.1, 0.15) is 29.0 Å². The zero-order valence-electron chi connectivity index (χ0n) is 17.2. The standard InChI is InChI=1S/C22H18ClN7O2/c1-12(27-19-13(10-24)11-26-22(25)29-19)20-28-17-8-4-7-16(23)18(17)21(31)30(20)14-5-3-6-15(9-14)32-2/h3-9,11-12H,1-2H3,(H3,25,26,27,29)/t12-/m1/s1. The number of nitrogen functional groups attached to an aromatic ring is 1. The summed E-state index contributed by atoms with van der Waals surface area (Å²) in [6, 6.07) is 13.6. The first-order chi connectivity index (χ1) is 15.4. The van der Waals surface area contributed by atoms with E-state index < -0.39 is 6.04 Å². The van der Waals surface area contributed by atoms with Crippen molar-refractivity contribution in [2.45, 2.75) is 13.0 Å². The van der Waals surface area contributed by atoms with Crippen LogP contribution in [0.2, 0.25) is 5.02 Å². The molecule has 2 aromatic heterocycles. The molecule has 0 amide bonds. The number of aromatic nitrogens is 4. The van der Waals surface area contributed by atoms with Crippen molar-refractivity contribution in [3.8, 4) is 17.5 Å². The fourth-order valence-electron chi connectivity index (χ4n) is 3.35. The molecule has 0 spiro atoms. The molecule has 0 aliphatic heterocycles. The summed E-state index contributed by atoms with van der Waals surface area (Å²) >= 11 is 6.34. The van der Waals surface area contributed by atoms with Gasteiger partial charge in [0.15, 0.2) is 0 Å². The van der Waals surface area contributed by atoms with E-state index in [0.29, 0.717) is 33.2 Å². The minimum atomic E-state index is -0.543. The second-order valence-corrected chi connectivity index (χ2v) is 7.32. The minimum absolute atomic E-state index is 0.0159. The van der Waals surface area contributed by atoms with Gasteiger partial charge in [-0.15, -0.1) is 0 Å². The Morgan fingerprint density at radius 3 is 2.78 bits per heavy atom. The first-order valence-electron chi connectivity index (χ1n) is 9.57. The number of halogens is 1. The Hall–Kier alpha value is -4.16. The van der Waals surface area contributed by atoms with Crippen LogP contribution in [0.3, 0.4) is 0 Å². The highest BCUT2D eigenvalue weighted by Gasteiger charge is 2.21. The molecule has 0 fully saturated rings. The SMILES string of the molecule is COc1cccc(-n2c([C@@H](C)Nc3nc(N)ncc3C#N)nc3cccc(Cl)c3c2=O)c1. The Morgan fingerprint density at radius 1 is 1.25 bits per heavy atom. The number of rotatable bonds is 5. The Kier molecular flexibility index (Phi) is 5.62. The molecule has 0 aliphatic rings. The zero-order valence-corrected chi connectivity index (χ0v) is 18.0. The molecule has 0 bridgehead atoms. The van der Waals surface area contributed by atoms with Gasteiger partial charge in [-0.05, 0) is 31.2 Å². The largest absolute Gasteiger partial charge is 0.497 e. The molecule has 10 heteroatoms. The smallest absolute Gasteiger partial charge is 0.267 e. The summed E-state index contributed by atoms with van der Waals surface area (Å²) in [5, 5.41) is 13.1. The summed E-state index contributed by atoms with van der Waals surface area (Å²) in [5.41, 5.74) is 6.58. The van der Waals surface area contributed by atoms with Crippen molar-refractivity contribution in [2.24, 2.45) is 0 Å². The van der Waals surface area contributed by atoms with Crippen LogP contribution in [0.5, 0.6) is 5.75 Å². The van der Waals surface area contributed by atoms with Crippen molar-refractivity contribution >= 4 is 34.3 Å². The first kappa shape index (κ1) is 21.1. The normalized spacial score (nSPS) is 11.7. The lowest BCUT2D eigenvalue weighted by Crippen LogP contribution is -2.27. The van der Waals surface area contributed by atoms with Crippen LogP contribution < -0.4 is 21.3 Å². The lowest BCUT2D eigenvalue weighted by Gasteiger charge is -2.21. The van der Waals surface area contributed by atoms with Crippen LogP contribution in [-0.2, 0) is 0 Å². The summed E-state index contributed by atoms with van der Waals surface area (Å²) in [6.07, 6.45) is 1.33. The molecule has 4 rings (SSSR count). The molecule has 0 saturated heterocycles. The average Bonchev–Trinajstić information content (AvgIpc) is 2.79. The molecule has 32 heavy (non-hydrogen) atoms. The molecule has 0 saturated carbocycles. The van der Waals surface area contributed by atoms with Crippen molar-refractivity contribution in [3.05, 3.63) is 75.4 Å². The van der Waals surface area contributed by atoms with Crippen LogP contribution >= 0.6 is 11.6 Å². The van der Waals surface area contributed by atoms with E-state index in [4.69, 9.17) is 27.1 Å². The van der Waals surface area contributed by atoms with Gasteiger partial charge < -0.3 is 15.8 Å². The van der Waals surface area contributed by atoms with E-state index >= 15 is 0 Å². The lowest BCUT2D eigenvalue weighted by atomic mass is 10.2. The molecule has 0 radical (unpaired) electrons. The molecule has 0 aliphatic carbocycles. The first-order valence-corrected chi connectivity index (χ1v) is 9.95. The molecule has 3 N–H and O–H groups in total. The third kappa shape index (κ3) is 3.79. The predicted octanol–water partition coefficient (Wildman–Crippen LogP) is 3.46. The summed E-state index contributed by atoms with van der Waals surface area (Å²) < 4.78 is 6.79. The van der Waals surface area contributed by atoms with Crippen LogP contribution in [0.1, 0.15) is 24.4 Å². The molecule has 2 aromatic carbocycles. The van der Waals surface area contributed by atoms with E-state index in [1.807, 2.05) is 6.07 Å². The monoisotopic (exact) mass is 447 g/mol. The highest BCUT2D eigenvalue weighted by atomic mass is 35.5. The Balaban J connectivity index is 1.95. The summed E-state index contributed by atoms with van der Waals surface area (Å²) in [5.74, 6) is 1.22. The van der Waals surface area contributed by atoms with E-state index in [1.165, 1.54) is 10.8 Å². The van der Waals surface area contributed by atoms with Crippen molar-refractivity contribution in [1.29, 1.82) is 5.26 Å². The van der Waals surface area contributed by atoms with Crippen molar-refractivity contribution in [3.63, 3.8) is 0 Å². The van der Waals surface area contributed by atoms with Crippen molar-refractivity contribution < 1.29 is 4.74 Å². The van der Waals surface area contributed by atoms with Crippen LogP contribution in [0, 0.1) is 11.3 Å². The fourth-order valence-corrected chi connectivity index (χ4v) is 3.60. The quantitative estimate of drug-likeness (QED) is 0.475. The van der Waals surface area contributed by atoms with E-state index in [-0.39, 0.29) is 22.9 Å². The number of methoxy groups -OCH3 is 1. The van der Waals surface area contributed by atoms with Gasteiger partial charge in [-0.2, -0.15) is 10.2 Å². The van der Waals surface area contributed by atoms with E-state index in [9.17, 15) is 10.1 Å². The van der Waals surface area contributed by atoms with Crippen molar-refractivity contribution in [2.75, 3.05) is 18.2 Å². The molecule has 1 atom stereocenters. The number of benzene rings is 2. The van der Waals surface area contributed by atoms with Gasteiger partial charge in [0.2, 0.25) is 5.95 Å². The number of hydrogen-bond donors (Lipinski definition) is 2. The van der Waals surface area contributed by atoms with Crippen LogP contribution in [0.25, 0.3) is 16.6 Å². The zero-order chi connectivity index (χ0) is 22.8. The maximum Gasteiger partial charge on any atom is 0.267 e. The molecule has 9 nitrogen and oxygen atoms in total. The lowest BCUT2D eigenvalue weighted by molar-refractivity contribution is 0.414. The third-order valence-corrected chi connectivity index (χ3v) is 5.17. The Labute approximate surface area is 188 Å². The van der Waals surface area contributed by atoms with Gasteiger partial charge in [0.25, 0.3) is 5.56 Å². The number of anilines is 2. The summed E-state index contributed by atoms with van der Waals surface area (Å²) in [4.78, 5) is 26.3. The minimum Gasteiger partial charge on any atom is -0.497 e. The number of hydrogen-bond acceptors (Lipinski definition) is 8. The number of fused-ring (bicyclic) bond motifs is 1. The second kappa shape index (κ2) is 8.53. The topological polar surface area (TPSA) is 132 Å². The summed E-state index contributed by atoms with van der Waals surface area (Å²) in [6.45, 7) is 1.80. The van der Waals surface area contributed by atoms with Crippen LogP contribution in [-0.4, -0.2) is 26.6 Å². The van der Waals surface area contributed by atoms with Gasteiger partial charge in [0, 0.05) is 6.07 Å². The average molecular weight is 448 g/mol. The van der Waals surface area contributed by atoms with Crippen molar-refractivity contribution in [1.82, 2.24) is 19.5 Å². The number of nitriles is 1. The van der Waals surface area contributed by atoms with E-state index in [0.717, 1.165) is 0 Å².